The molecule has 3 unspecified atom stereocenters. The molecule has 0 amide bonds. The van der Waals surface area contributed by atoms with Crippen molar-refractivity contribution in [2.45, 2.75) is 57.1 Å². The van der Waals surface area contributed by atoms with Gasteiger partial charge in [-0.3, -0.25) is 11.3 Å². The van der Waals surface area contributed by atoms with E-state index in [1.165, 1.54) is 25.7 Å². The lowest BCUT2D eigenvalue weighted by Gasteiger charge is -2.49. The Kier molecular flexibility index (Phi) is 5.01. The summed E-state index contributed by atoms with van der Waals surface area (Å²) >= 11 is 0. The van der Waals surface area contributed by atoms with E-state index in [0.717, 1.165) is 26.1 Å². The fourth-order valence-electron chi connectivity index (χ4n) is 3.51. The predicted octanol–water partition coefficient (Wildman–Crippen LogP) is 1.84. The summed E-state index contributed by atoms with van der Waals surface area (Å²) in [6.45, 7) is 3.94. The molecule has 1 saturated carbocycles. The van der Waals surface area contributed by atoms with Gasteiger partial charge in [0, 0.05) is 26.4 Å². The molecule has 0 aromatic rings. The van der Waals surface area contributed by atoms with Crippen LogP contribution in [-0.4, -0.2) is 32.0 Å². The molecule has 4 heteroatoms. The largest absolute Gasteiger partial charge is 0.384 e. The van der Waals surface area contributed by atoms with Gasteiger partial charge in [0.05, 0.1) is 5.60 Å². The monoisotopic (exact) mass is 256 g/mol. The lowest BCUT2D eigenvalue weighted by molar-refractivity contribution is -0.147. The first-order valence-electron chi connectivity index (χ1n) is 7.28. The summed E-state index contributed by atoms with van der Waals surface area (Å²) in [6, 6.07) is 0.400. The maximum absolute atomic E-state index is 5.99. The van der Waals surface area contributed by atoms with Crippen LogP contribution in [0.4, 0.5) is 0 Å². The van der Waals surface area contributed by atoms with Gasteiger partial charge in [-0.1, -0.05) is 6.92 Å². The van der Waals surface area contributed by atoms with Crippen LogP contribution in [0.1, 0.15) is 45.4 Å². The van der Waals surface area contributed by atoms with Crippen molar-refractivity contribution in [3.05, 3.63) is 0 Å². The molecule has 0 bridgehead atoms. The molecular weight excluding hydrogens is 228 g/mol. The van der Waals surface area contributed by atoms with Gasteiger partial charge in [0.15, 0.2) is 0 Å². The zero-order chi connectivity index (χ0) is 13.0. The van der Waals surface area contributed by atoms with Crippen molar-refractivity contribution in [3.63, 3.8) is 0 Å². The average molecular weight is 256 g/mol. The summed E-state index contributed by atoms with van der Waals surface area (Å²) in [5.41, 5.74) is 3.25. The number of hydrogen-bond donors (Lipinski definition) is 2. The number of nitrogens with one attached hydrogen (secondary N) is 1. The summed E-state index contributed by atoms with van der Waals surface area (Å²) in [6.07, 6.45) is 7.22. The maximum Gasteiger partial charge on any atom is 0.0685 e. The Labute approximate surface area is 111 Å². The lowest BCUT2D eigenvalue weighted by Crippen LogP contribution is -2.52. The highest BCUT2D eigenvalue weighted by molar-refractivity contribution is 4.96. The summed E-state index contributed by atoms with van der Waals surface area (Å²) in [5, 5.41) is 0. The number of ether oxygens (including phenoxy) is 2. The van der Waals surface area contributed by atoms with Crippen LogP contribution in [0.25, 0.3) is 0 Å². The second-order valence-corrected chi connectivity index (χ2v) is 6.21. The van der Waals surface area contributed by atoms with Crippen molar-refractivity contribution >= 4 is 0 Å². The van der Waals surface area contributed by atoms with E-state index in [9.17, 15) is 0 Å². The Hall–Kier alpha value is -0.160. The van der Waals surface area contributed by atoms with Gasteiger partial charge in [0.1, 0.15) is 0 Å². The van der Waals surface area contributed by atoms with Gasteiger partial charge in [-0.15, -0.1) is 0 Å². The van der Waals surface area contributed by atoms with Gasteiger partial charge in [0.2, 0.25) is 0 Å². The van der Waals surface area contributed by atoms with Crippen LogP contribution in [-0.2, 0) is 9.47 Å². The standard InChI is InChI=1S/C14H28N2O2/c1-11(10-17-2)8-13(16-15)12-4-7-18-14(9-12)5-3-6-14/h11-13,16H,3-10,15H2,1-2H3. The molecule has 2 rings (SSSR count). The molecule has 18 heavy (non-hydrogen) atoms. The summed E-state index contributed by atoms with van der Waals surface area (Å²) < 4.78 is 11.2. The van der Waals surface area contributed by atoms with Crippen LogP contribution in [0.2, 0.25) is 0 Å². The zero-order valence-electron chi connectivity index (χ0n) is 11.8. The molecule has 0 aromatic heterocycles. The summed E-state index contributed by atoms with van der Waals surface area (Å²) in [5.74, 6) is 6.97. The van der Waals surface area contributed by atoms with E-state index in [1.807, 2.05) is 0 Å². The fraction of sp³-hybridized carbons (Fsp3) is 1.00. The topological polar surface area (TPSA) is 56.5 Å². The first-order chi connectivity index (χ1) is 8.69. The zero-order valence-corrected chi connectivity index (χ0v) is 11.8. The second-order valence-electron chi connectivity index (χ2n) is 6.21. The third-order valence-electron chi connectivity index (χ3n) is 4.69. The highest BCUT2D eigenvalue weighted by Crippen LogP contribution is 2.45. The number of hydrogen-bond acceptors (Lipinski definition) is 4. The summed E-state index contributed by atoms with van der Waals surface area (Å²) in [7, 11) is 1.76. The molecule has 1 aliphatic heterocycles. The third-order valence-corrected chi connectivity index (χ3v) is 4.69. The van der Waals surface area contributed by atoms with E-state index in [1.54, 1.807) is 7.11 Å². The molecule has 1 heterocycles. The van der Waals surface area contributed by atoms with Crippen LogP contribution < -0.4 is 11.3 Å². The van der Waals surface area contributed by atoms with Gasteiger partial charge >= 0.3 is 0 Å². The van der Waals surface area contributed by atoms with Gasteiger partial charge in [-0.2, -0.15) is 0 Å². The Morgan fingerprint density at radius 1 is 1.50 bits per heavy atom. The van der Waals surface area contributed by atoms with Crippen LogP contribution in [0.5, 0.6) is 0 Å². The third kappa shape index (κ3) is 3.23. The minimum Gasteiger partial charge on any atom is -0.384 e. The average Bonchev–Trinajstić information content (AvgIpc) is 2.34. The number of nitrogens with two attached hydrogens (primary N) is 1. The quantitative estimate of drug-likeness (QED) is 0.562. The molecule has 106 valence electrons. The maximum atomic E-state index is 5.99. The number of methoxy groups -OCH3 is 1. The molecule has 2 fully saturated rings. The molecule has 2 aliphatic rings. The smallest absolute Gasteiger partial charge is 0.0685 e. The van der Waals surface area contributed by atoms with Gasteiger partial charge in [-0.25, -0.2) is 0 Å². The van der Waals surface area contributed by atoms with Crippen molar-refractivity contribution in [2.75, 3.05) is 20.3 Å². The van der Waals surface area contributed by atoms with Crippen molar-refractivity contribution in [2.24, 2.45) is 17.7 Å². The minimum absolute atomic E-state index is 0.211. The van der Waals surface area contributed by atoms with E-state index in [0.29, 0.717) is 17.9 Å². The summed E-state index contributed by atoms with van der Waals surface area (Å²) in [4.78, 5) is 0. The molecular formula is C14H28N2O2. The molecule has 3 atom stereocenters. The van der Waals surface area contributed by atoms with E-state index >= 15 is 0 Å². The fourth-order valence-corrected chi connectivity index (χ4v) is 3.51. The van der Waals surface area contributed by atoms with Gasteiger partial charge < -0.3 is 9.47 Å². The van der Waals surface area contributed by atoms with E-state index < -0.39 is 0 Å². The molecule has 1 aliphatic carbocycles. The molecule has 0 radical (unpaired) electrons. The Morgan fingerprint density at radius 2 is 2.28 bits per heavy atom. The van der Waals surface area contributed by atoms with Crippen molar-refractivity contribution in [1.29, 1.82) is 0 Å². The Bertz CT molecular complexity index is 256. The normalized spacial score (nSPS) is 29.8. The molecule has 1 saturated heterocycles. The first kappa shape index (κ1) is 14.3. The second kappa shape index (κ2) is 6.33. The SMILES string of the molecule is COCC(C)CC(NN)C1CCOC2(CCC2)C1. The van der Waals surface area contributed by atoms with E-state index in [4.69, 9.17) is 15.3 Å². The first-order valence-corrected chi connectivity index (χ1v) is 7.28. The van der Waals surface area contributed by atoms with Crippen molar-refractivity contribution in [1.82, 2.24) is 5.43 Å². The van der Waals surface area contributed by atoms with E-state index in [2.05, 4.69) is 12.3 Å². The molecule has 1 spiro atoms. The molecule has 0 aromatic carbocycles. The van der Waals surface area contributed by atoms with Crippen LogP contribution in [0, 0.1) is 11.8 Å². The predicted molar refractivity (Wildman–Crippen MR) is 72.0 cm³/mol. The highest BCUT2D eigenvalue weighted by Gasteiger charge is 2.44. The number of rotatable bonds is 6. The number of hydrazine groups is 1. The van der Waals surface area contributed by atoms with E-state index in [-0.39, 0.29) is 5.60 Å². The molecule has 3 N–H and O–H groups in total. The lowest BCUT2D eigenvalue weighted by atomic mass is 9.70. The Balaban J connectivity index is 1.86. The van der Waals surface area contributed by atoms with Crippen LogP contribution in [0.15, 0.2) is 0 Å². The van der Waals surface area contributed by atoms with Crippen LogP contribution in [0.3, 0.4) is 0 Å². The van der Waals surface area contributed by atoms with Crippen LogP contribution >= 0.6 is 0 Å². The van der Waals surface area contributed by atoms with Crippen molar-refractivity contribution < 1.29 is 9.47 Å². The van der Waals surface area contributed by atoms with Gasteiger partial charge in [-0.05, 0) is 50.4 Å². The van der Waals surface area contributed by atoms with Crippen molar-refractivity contribution in [3.8, 4) is 0 Å². The minimum atomic E-state index is 0.211. The van der Waals surface area contributed by atoms with Gasteiger partial charge in [0.25, 0.3) is 0 Å². The Morgan fingerprint density at radius 3 is 2.83 bits per heavy atom. The molecule has 4 nitrogen and oxygen atoms in total. The highest BCUT2D eigenvalue weighted by atomic mass is 16.5.